The monoisotopic (exact) mass is 449 g/mol. The third kappa shape index (κ3) is 4.46. The van der Waals surface area contributed by atoms with Gasteiger partial charge in [-0.15, -0.1) is 13.2 Å². The molecule has 2 unspecified atom stereocenters. The number of ether oxygens (including phenoxy) is 2. The maximum absolute atomic E-state index is 13.2. The molecule has 0 spiro atoms. The van der Waals surface area contributed by atoms with Gasteiger partial charge in [0.2, 0.25) is 5.78 Å². The largest absolute Gasteiger partial charge is 0.573 e. The molecule has 3 rings (SSSR count). The van der Waals surface area contributed by atoms with Crippen LogP contribution in [0.15, 0.2) is 48.5 Å². The molecule has 0 radical (unpaired) electrons. The summed E-state index contributed by atoms with van der Waals surface area (Å²) in [7, 11) is 1.42. The first-order valence-corrected chi connectivity index (χ1v) is 9.75. The number of carbonyl (C=O) groups excluding carboxylic acids is 3. The van der Waals surface area contributed by atoms with E-state index < -0.39 is 47.0 Å². The highest BCUT2D eigenvalue weighted by atomic mass is 19.4. The van der Waals surface area contributed by atoms with E-state index in [1.807, 2.05) is 0 Å². The Labute approximate surface area is 182 Å². The molecule has 1 aliphatic rings. The fourth-order valence-electron chi connectivity index (χ4n) is 3.72. The van der Waals surface area contributed by atoms with Gasteiger partial charge < -0.3 is 9.47 Å². The molecule has 0 saturated carbocycles. The van der Waals surface area contributed by atoms with Gasteiger partial charge >= 0.3 is 6.36 Å². The Bertz CT molecular complexity index is 1040. The highest BCUT2D eigenvalue weighted by Gasteiger charge is 2.54. The second kappa shape index (κ2) is 8.29. The molecule has 1 fully saturated rings. The molecule has 2 atom stereocenters. The third-order valence-electron chi connectivity index (χ3n) is 5.13. The molecule has 2 aromatic carbocycles. The highest BCUT2D eigenvalue weighted by molar-refractivity contribution is 6.48. The number of ketones is 2. The van der Waals surface area contributed by atoms with Crippen molar-refractivity contribution in [1.82, 2.24) is 0 Å². The molecule has 0 bridgehead atoms. The number of rotatable bonds is 5. The Morgan fingerprint density at radius 3 is 2.09 bits per heavy atom. The summed E-state index contributed by atoms with van der Waals surface area (Å²) >= 11 is 0. The number of benzene rings is 2. The van der Waals surface area contributed by atoms with E-state index in [1.165, 1.54) is 19.2 Å². The molecular formula is C23H22F3NO5. The molecule has 6 nitrogen and oxygen atoms in total. The Balaban J connectivity index is 2.14. The zero-order chi connectivity index (χ0) is 23.8. The average molecular weight is 449 g/mol. The molecular weight excluding hydrogens is 427 g/mol. The SMILES string of the molecule is COc1ccccc1C1C(C(=O)C(C)(C)C)C(=O)C(=O)N1c1ccc(OC(F)(F)F)cc1. The van der Waals surface area contributed by atoms with Crippen molar-refractivity contribution in [3.05, 3.63) is 54.1 Å². The van der Waals surface area contributed by atoms with Gasteiger partial charge in [-0.25, -0.2) is 0 Å². The van der Waals surface area contributed by atoms with Crippen molar-refractivity contribution in [3.8, 4) is 11.5 Å². The van der Waals surface area contributed by atoms with Crippen molar-refractivity contribution in [2.24, 2.45) is 11.3 Å². The van der Waals surface area contributed by atoms with E-state index in [0.717, 1.165) is 17.0 Å². The summed E-state index contributed by atoms with van der Waals surface area (Å²) < 4.78 is 46.7. The van der Waals surface area contributed by atoms with Gasteiger partial charge in [-0.3, -0.25) is 19.3 Å². The molecule has 9 heteroatoms. The zero-order valence-electron chi connectivity index (χ0n) is 17.9. The molecule has 0 aromatic heterocycles. The number of hydrogen-bond donors (Lipinski definition) is 0. The lowest BCUT2D eigenvalue weighted by Gasteiger charge is -2.30. The number of methoxy groups -OCH3 is 1. The number of nitrogens with zero attached hydrogens (tertiary/aromatic N) is 1. The van der Waals surface area contributed by atoms with Crippen molar-refractivity contribution in [2.75, 3.05) is 12.0 Å². The first-order chi connectivity index (χ1) is 14.8. The molecule has 1 heterocycles. The van der Waals surface area contributed by atoms with Crippen LogP contribution in [0.1, 0.15) is 32.4 Å². The molecule has 2 aromatic rings. The van der Waals surface area contributed by atoms with Gasteiger partial charge in [0.15, 0.2) is 5.78 Å². The van der Waals surface area contributed by atoms with E-state index in [1.54, 1.807) is 45.0 Å². The third-order valence-corrected chi connectivity index (χ3v) is 5.13. The second-order valence-electron chi connectivity index (χ2n) is 8.36. The average Bonchev–Trinajstić information content (AvgIpc) is 2.97. The first-order valence-electron chi connectivity index (χ1n) is 9.75. The van der Waals surface area contributed by atoms with Crippen LogP contribution >= 0.6 is 0 Å². The Morgan fingerprint density at radius 2 is 1.56 bits per heavy atom. The van der Waals surface area contributed by atoms with E-state index in [9.17, 15) is 27.6 Å². The number of Topliss-reactive ketones (excluding diaryl/α,β-unsaturated/α-hetero) is 2. The number of carbonyl (C=O) groups is 3. The Morgan fingerprint density at radius 1 is 0.969 bits per heavy atom. The van der Waals surface area contributed by atoms with Crippen LogP contribution in [-0.4, -0.2) is 30.9 Å². The number of para-hydroxylation sites is 1. The summed E-state index contributed by atoms with van der Waals surface area (Å²) in [5.41, 5.74) is -0.327. The second-order valence-corrected chi connectivity index (χ2v) is 8.36. The minimum atomic E-state index is -4.87. The van der Waals surface area contributed by atoms with E-state index in [2.05, 4.69) is 4.74 Å². The van der Waals surface area contributed by atoms with E-state index in [-0.39, 0.29) is 5.69 Å². The fraction of sp³-hybridized carbons (Fsp3) is 0.348. The normalized spacial score (nSPS) is 19.3. The van der Waals surface area contributed by atoms with Crippen molar-refractivity contribution >= 4 is 23.2 Å². The van der Waals surface area contributed by atoms with E-state index in [0.29, 0.717) is 11.3 Å². The van der Waals surface area contributed by atoms with Gasteiger partial charge in [0.1, 0.15) is 17.4 Å². The van der Waals surface area contributed by atoms with Crippen LogP contribution in [0.3, 0.4) is 0 Å². The van der Waals surface area contributed by atoms with Crippen molar-refractivity contribution < 1.29 is 37.0 Å². The van der Waals surface area contributed by atoms with Gasteiger partial charge in [0, 0.05) is 16.7 Å². The van der Waals surface area contributed by atoms with E-state index in [4.69, 9.17) is 4.74 Å². The minimum absolute atomic E-state index is 0.151. The molecule has 0 N–H and O–H groups in total. The van der Waals surface area contributed by atoms with Crippen LogP contribution in [0.5, 0.6) is 11.5 Å². The lowest BCUT2D eigenvalue weighted by Crippen LogP contribution is -2.36. The van der Waals surface area contributed by atoms with Gasteiger partial charge in [0.05, 0.1) is 13.2 Å². The van der Waals surface area contributed by atoms with Gasteiger partial charge in [-0.05, 0) is 30.3 Å². The molecule has 1 amide bonds. The molecule has 1 aliphatic heterocycles. The summed E-state index contributed by atoms with van der Waals surface area (Å²) in [6.07, 6.45) is -4.87. The summed E-state index contributed by atoms with van der Waals surface area (Å²) in [4.78, 5) is 40.3. The number of amides is 1. The van der Waals surface area contributed by atoms with Gasteiger partial charge in [-0.2, -0.15) is 0 Å². The maximum Gasteiger partial charge on any atom is 0.573 e. The Kier molecular flexibility index (Phi) is 6.04. The maximum atomic E-state index is 13.2. The quantitative estimate of drug-likeness (QED) is 0.497. The van der Waals surface area contributed by atoms with Crippen molar-refractivity contribution in [3.63, 3.8) is 0 Å². The predicted molar refractivity (Wildman–Crippen MR) is 109 cm³/mol. The van der Waals surface area contributed by atoms with Gasteiger partial charge in [-0.1, -0.05) is 39.0 Å². The van der Waals surface area contributed by atoms with Crippen molar-refractivity contribution in [1.29, 1.82) is 0 Å². The number of halogens is 3. The molecule has 32 heavy (non-hydrogen) atoms. The summed E-state index contributed by atoms with van der Waals surface area (Å²) in [6.45, 7) is 4.95. The standard InChI is InChI=1S/C23H22F3NO5/c1-22(2,3)20(29)17-18(15-7-5-6-8-16(15)31-4)27(21(30)19(17)28)13-9-11-14(12-10-13)32-23(24,25)26/h5-12,17-18H,1-4H3. The number of hydrogen-bond acceptors (Lipinski definition) is 5. The molecule has 170 valence electrons. The molecule has 0 aliphatic carbocycles. The highest BCUT2D eigenvalue weighted by Crippen LogP contribution is 2.45. The first kappa shape index (κ1) is 23.3. The van der Waals surface area contributed by atoms with Crippen LogP contribution < -0.4 is 14.4 Å². The summed E-state index contributed by atoms with van der Waals surface area (Å²) in [5.74, 6) is -3.63. The number of alkyl halides is 3. The van der Waals surface area contributed by atoms with Crippen molar-refractivity contribution in [2.45, 2.75) is 33.2 Å². The topological polar surface area (TPSA) is 72.9 Å². The zero-order valence-corrected chi connectivity index (χ0v) is 17.9. The summed E-state index contributed by atoms with van der Waals surface area (Å²) in [6, 6.07) is 10.2. The predicted octanol–water partition coefficient (Wildman–Crippen LogP) is 4.48. The van der Waals surface area contributed by atoms with Crippen LogP contribution in [0, 0.1) is 11.3 Å². The Hall–Kier alpha value is -3.36. The van der Waals surface area contributed by atoms with Crippen LogP contribution in [0.25, 0.3) is 0 Å². The minimum Gasteiger partial charge on any atom is -0.496 e. The number of anilines is 1. The lowest BCUT2D eigenvalue weighted by atomic mass is 9.77. The van der Waals surface area contributed by atoms with E-state index >= 15 is 0 Å². The van der Waals surface area contributed by atoms with Crippen LogP contribution in [0.2, 0.25) is 0 Å². The lowest BCUT2D eigenvalue weighted by molar-refractivity contribution is -0.274. The smallest absolute Gasteiger partial charge is 0.496 e. The fourth-order valence-corrected chi connectivity index (χ4v) is 3.72. The van der Waals surface area contributed by atoms with Crippen LogP contribution in [-0.2, 0) is 14.4 Å². The van der Waals surface area contributed by atoms with Gasteiger partial charge in [0.25, 0.3) is 5.91 Å². The molecule has 1 saturated heterocycles. The summed E-state index contributed by atoms with van der Waals surface area (Å²) in [5, 5.41) is 0. The van der Waals surface area contributed by atoms with Crippen LogP contribution in [0.4, 0.5) is 18.9 Å².